The van der Waals surface area contributed by atoms with E-state index in [1.54, 1.807) is 6.92 Å². The Morgan fingerprint density at radius 1 is 1.40 bits per heavy atom. The van der Waals surface area contributed by atoms with Crippen molar-refractivity contribution in [2.75, 3.05) is 0 Å². The summed E-state index contributed by atoms with van der Waals surface area (Å²) in [5, 5.41) is 2.57. The van der Waals surface area contributed by atoms with Gasteiger partial charge >= 0.3 is 0 Å². The van der Waals surface area contributed by atoms with Crippen LogP contribution in [0.1, 0.15) is 40.0 Å². The van der Waals surface area contributed by atoms with Gasteiger partial charge in [0.25, 0.3) is 0 Å². The predicted octanol–water partition coefficient (Wildman–Crippen LogP) is 1.11. The third-order valence-electron chi connectivity index (χ3n) is 2.04. The summed E-state index contributed by atoms with van der Waals surface area (Å²) in [5.41, 5.74) is 5.79. The lowest BCUT2D eigenvalue weighted by molar-refractivity contribution is -0.125. The summed E-state index contributed by atoms with van der Waals surface area (Å²) in [6.07, 6.45) is 4.33. The molecule has 0 aromatic carbocycles. The van der Waals surface area contributed by atoms with E-state index in [1.807, 2.05) is 19.9 Å². The van der Waals surface area contributed by atoms with E-state index in [1.165, 1.54) is 0 Å². The molecule has 0 aliphatic heterocycles. The molecule has 0 unspecified atom stereocenters. The summed E-state index contributed by atoms with van der Waals surface area (Å²) >= 11 is 0. The monoisotopic (exact) mass is 212 g/mol. The number of carbonyl (C=O) groups excluding carboxylic acids is 2. The van der Waals surface area contributed by atoms with Crippen molar-refractivity contribution in [3.8, 4) is 0 Å². The maximum Gasteiger partial charge on any atom is 0.247 e. The largest absolute Gasteiger partial charge is 0.368 e. The van der Waals surface area contributed by atoms with E-state index in [0.717, 1.165) is 24.8 Å². The van der Waals surface area contributed by atoms with Crippen molar-refractivity contribution in [1.29, 1.82) is 0 Å². The van der Waals surface area contributed by atoms with Crippen LogP contribution in [0.25, 0.3) is 0 Å². The van der Waals surface area contributed by atoms with Gasteiger partial charge in [-0.3, -0.25) is 9.59 Å². The number of hydrogen-bond donors (Lipinski definition) is 2. The number of amides is 2. The van der Waals surface area contributed by atoms with Crippen molar-refractivity contribution in [2.24, 2.45) is 5.73 Å². The molecule has 0 aliphatic carbocycles. The van der Waals surface area contributed by atoms with Crippen LogP contribution in [0, 0.1) is 0 Å². The molecule has 0 aromatic rings. The topological polar surface area (TPSA) is 72.2 Å². The first kappa shape index (κ1) is 13.7. The van der Waals surface area contributed by atoms with Crippen molar-refractivity contribution in [2.45, 2.75) is 46.1 Å². The Morgan fingerprint density at radius 3 is 2.40 bits per heavy atom. The van der Waals surface area contributed by atoms with E-state index in [2.05, 4.69) is 5.32 Å². The highest BCUT2D eigenvalue weighted by atomic mass is 16.2. The van der Waals surface area contributed by atoms with Crippen molar-refractivity contribution >= 4 is 11.8 Å². The second kappa shape index (κ2) is 7.04. The highest BCUT2D eigenvalue weighted by Crippen LogP contribution is 2.06. The van der Waals surface area contributed by atoms with Crippen LogP contribution in [0.2, 0.25) is 0 Å². The first-order valence-corrected chi connectivity index (χ1v) is 5.32. The van der Waals surface area contributed by atoms with Crippen molar-refractivity contribution in [1.82, 2.24) is 5.32 Å². The molecule has 0 aliphatic rings. The van der Waals surface area contributed by atoms with Gasteiger partial charge in [-0.25, -0.2) is 0 Å². The molecule has 0 rings (SSSR count). The van der Waals surface area contributed by atoms with E-state index in [4.69, 9.17) is 5.73 Å². The van der Waals surface area contributed by atoms with Gasteiger partial charge in [-0.15, -0.1) is 0 Å². The van der Waals surface area contributed by atoms with Crippen LogP contribution in [0.4, 0.5) is 0 Å². The molecule has 0 heterocycles. The SMILES string of the molecule is CCC=C(CCC)C(=O)N[C@@H](C)C(N)=O. The lowest BCUT2D eigenvalue weighted by Crippen LogP contribution is -2.42. The van der Waals surface area contributed by atoms with E-state index in [0.29, 0.717) is 0 Å². The molecule has 0 aromatic heterocycles. The van der Waals surface area contributed by atoms with E-state index >= 15 is 0 Å². The van der Waals surface area contributed by atoms with E-state index in [-0.39, 0.29) is 5.91 Å². The summed E-state index contributed by atoms with van der Waals surface area (Å²) in [5.74, 6) is -0.708. The zero-order chi connectivity index (χ0) is 11.8. The number of allylic oxidation sites excluding steroid dienone is 1. The van der Waals surface area contributed by atoms with Crippen LogP contribution in [0.15, 0.2) is 11.6 Å². The minimum absolute atomic E-state index is 0.190. The van der Waals surface area contributed by atoms with Gasteiger partial charge in [0.15, 0.2) is 0 Å². The maximum atomic E-state index is 11.7. The lowest BCUT2D eigenvalue weighted by atomic mass is 10.1. The molecule has 4 nitrogen and oxygen atoms in total. The van der Waals surface area contributed by atoms with Gasteiger partial charge in [0, 0.05) is 5.57 Å². The number of primary amides is 1. The second-order valence-corrected chi connectivity index (χ2v) is 3.49. The van der Waals surface area contributed by atoms with E-state index in [9.17, 15) is 9.59 Å². The van der Waals surface area contributed by atoms with Crippen molar-refractivity contribution in [3.05, 3.63) is 11.6 Å². The average molecular weight is 212 g/mol. The Bertz CT molecular complexity index is 259. The predicted molar refractivity (Wildman–Crippen MR) is 60.1 cm³/mol. The summed E-state index contributed by atoms with van der Waals surface area (Å²) in [4.78, 5) is 22.4. The number of nitrogens with two attached hydrogens (primary N) is 1. The van der Waals surface area contributed by atoms with Crippen LogP contribution in [0.5, 0.6) is 0 Å². The fourth-order valence-electron chi connectivity index (χ4n) is 1.18. The Labute approximate surface area is 90.9 Å². The normalized spacial score (nSPS) is 13.4. The first-order valence-electron chi connectivity index (χ1n) is 5.32. The lowest BCUT2D eigenvalue weighted by Gasteiger charge is -2.12. The average Bonchev–Trinajstić information content (AvgIpc) is 2.17. The highest BCUT2D eigenvalue weighted by molar-refractivity contribution is 5.96. The Balaban J connectivity index is 4.39. The number of nitrogens with one attached hydrogen (secondary N) is 1. The Kier molecular flexibility index (Phi) is 6.42. The summed E-state index contributed by atoms with van der Waals surface area (Å²) in [7, 11) is 0. The second-order valence-electron chi connectivity index (χ2n) is 3.49. The third-order valence-corrected chi connectivity index (χ3v) is 2.04. The van der Waals surface area contributed by atoms with Crippen LogP contribution in [-0.2, 0) is 9.59 Å². The highest BCUT2D eigenvalue weighted by Gasteiger charge is 2.14. The Morgan fingerprint density at radius 2 is 2.00 bits per heavy atom. The molecule has 0 saturated heterocycles. The molecule has 0 radical (unpaired) electrons. The molecule has 0 saturated carbocycles. The Hall–Kier alpha value is -1.32. The van der Waals surface area contributed by atoms with Gasteiger partial charge in [-0.2, -0.15) is 0 Å². The van der Waals surface area contributed by atoms with Gasteiger partial charge in [0.1, 0.15) is 6.04 Å². The van der Waals surface area contributed by atoms with E-state index < -0.39 is 11.9 Å². The molecule has 2 amide bonds. The molecule has 3 N–H and O–H groups in total. The summed E-state index contributed by atoms with van der Waals surface area (Å²) in [6.45, 7) is 5.56. The molecule has 0 fully saturated rings. The molecule has 4 heteroatoms. The molecular formula is C11H20N2O2. The van der Waals surface area contributed by atoms with Crippen LogP contribution in [-0.4, -0.2) is 17.9 Å². The van der Waals surface area contributed by atoms with Gasteiger partial charge in [-0.05, 0) is 19.8 Å². The van der Waals surface area contributed by atoms with Crippen LogP contribution < -0.4 is 11.1 Å². The molecule has 15 heavy (non-hydrogen) atoms. The smallest absolute Gasteiger partial charge is 0.247 e. The summed E-state index contributed by atoms with van der Waals surface area (Å²) < 4.78 is 0. The molecule has 0 bridgehead atoms. The van der Waals surface area contributed by atoms with Crippen LogP contribution >= 0.6 is 0 Å². The van der Waals surface area contributed by atoms with Gasteiger partial charge < -0.3 is 11.1 Å². The van der Waals surface area contributed by atoms with Gasteiger partial charge in [0.2, 0.25) is 11.8 Å². The maximum absolute atomic E-state index is 11.7. The fraction of sp³-hybridized carbons (Fsp3) is 0.636. The zero-order valence-electron chi connectivity index (χ0n) is 9.67. The summed E-state index contributed by atoms with van der Waals surface area (Å²) in [6, 6.07) is -0.616. The standard InChI is InChI=1S/C11H20N2O2/c1-4-6-9(7-5-2)11(15)13-8(3)10(12)14/h6,8H,4-5,7H2,1-3H3,(H2,12,14)(H,13,15)/t8-/m0/s1. The molecule has 86 valence electrons. The fourth-order valence-corrected chi connectivity index (χ4v) is 1.18. The molecule has 1 atom stereocenters. The van der Waals surface area contributed by atoms with Crippen molar-refractivity contribution in [3.63, 3.8) is 0 Å². The minimum atomic E-state index is -0.616. The quantitative estimate of drug-likeness (QED) is 0.647. The first-order chi connectivity index (χ1) is 7.02. The number of rotatable bonds is 6. The van der Waals surface area contributed by atoms with Crippen molar-refractivity contribution < 1.29 is 9.59 Å². The minimum Gasteiger partial charge on any atom is -0.368 e. The number of hydrogen-bond acceptors (Lipinski definition) is 2. The molecule has 0 spiro atoms. The van der Waals surface area contributed by atoms with Gasteiger partial charge in [0.05, 0.1) is 0 Å². The third kappa shape index (κ3) is 5.20. The van der Waals surface area contributed by atoms with Crippen LogP contribution in [0.3, 0.4) is 0 Å². The van der Waals surface area contributed by atoms with Gasteiger partial charge in [-0.1, -0.05) is 26.3 Å². The zero-order valence-corrected chi connectivity index (χ0v) is 9.67. The molecular weight excluding hydrogens is 192 g/mol. The number of carbonyl (C=O) groups is 2.